The van der Waals surface area contributed by atoms with E-state index >= 15 is 0 Å². The number of hydrogen-bond acceptors (Lipinski definition) is 7. The van der Waals surface area contributed by atoms with E-state index in [1.54, 1.807) is 24.3 Å². The van der Waals surface area contributed by atoms with Gasteiger partial charge in [0, 0.05) is 27.7 Å². The number of rotatable bonds is 6. The number of tetrazole rings is 1. The Bertz CT molecular complexity index is 1250. The molecule has 11 heteroatoms. The van der Waals surface area contributed by atoms with Gasteiger partial charge in [-0.25, -0.2) is 0 Å². The predicted molar refractivity (Wildman–Crippen MR) is 116 cm³/mol. The van der Waals surface area contributed by atoms with Gasteiger partial charge in [-0.2, -0.15) is 4.68 Å². The molecule has 154 valence electrons. The molecule has 1 N–H and O–H groups in total. The van der Waals surface area contributed by atoms with Gasteiger partial charge in [0.05, 0.1) is 16.2 Å². The largest absolute Gasteiger partial charge is 0.322 e. The minimum absolute atomic E-state index is 0.122. The maximum Gasteiger partial charge on any atom is 0.270 e. The van der Waals surface area contributed by atoms with Crippen molar-refractivity contribution in [2.75, 3.05) is 5.32 Å². The molecular weight excluding hydrogens is 440 g/mol. The summed E-state index contributed by atoms with van der Waals surface area (Å²) in [6.07, 6.45) is 0. The second kappa shape index (κ2) is 8.94. The van der Waals surface area contributed by atoms with Crippen molar-refractivity contribution >= 4 is 40.6 Å². The van der Waals surface area contributed by atoms with Crippen LogP contribution >= 0.6 is 23.4 Å². The van der Waals surface area contributed by atoms with Crippen molar-refractivity contribution in [2.45, 2.75) is 10.1 Å². The van der Waals surface area contributed by atoms with E-state index in [1.165, 1.54) is 22.9 Å². The Kier molecular flexibility index (Phi) is 5.92. The summed E-state index contributed by atoms with van der Waals surface area (Å²) in [6, 6.07) is 19.9. The maximum absolute atomic E-state index is 12.9. The van der Waals surface area contributed by atoms with Gasteiger partial charge in [-0.05, 0) is 64.7 Å². The molecule has 1 aromatic heterocycles. The molecule has 0 fully saturated rings. The summed E-state index contributed by atoms with van der Waals surface area (Å²) in [7, 11) is 0. The Labute approximate surface area is 185 Å². The van der Waals surface area contributed by atoms with Gasteiger partial charge in [0.2, 0.25) is 5.16 Å². The molecule has 4 aromatic rings. The number of non-ortho nitro benzene ring substituents is 1. The third-order valence-corrected chi connectivity index (χ3v) is 5.43. The topological polar surface area (TPSA) is 116 Å². The van der Waals surface area contributed by atoms with Crippen LogP contribution in [-0.4, -0.2) is 31.0 Å². The number of benzene rings is 3. The number of para-hydroxylation sites is 1. The van der Waals surface area contributed by atoms with Gasteiger partial charge in [-0.1, -0.05) is 29.8 Å². The molecule has 0 spiro atoms. The monoisotopic (exact) mass is 452 g/mol. The zero-order valence-corrected chi connectivity index (χ0v) is 17.2. The molecule has 0 aliphatic carbocycles. The van der Waals surface area contributed by atoms with Crippen LogP contribution in [0.3, 0.4) is 0 Å². The van der Waals surface area contributed by atoms with E-state index in [9.17, 15) is 14.9 Å². The number of amides is 1. The molecule has 0 bridgehead atoms. The summed E-state index contributed by atoms with van der Waals surface area (Å²) in [6.45, 7) is 0. The molecule has 0 saturated heterocycles. The van der Waals surface area contributed by atoms with Crippen molar-refractivity contribution in [3.05, 3.63) is 93.5 Å². The average molecular weight is 453 g/mol. The van der Waals surface area contributed by atoms with Crippen molar-refractivity contribution in [2.24, 2.45) is 0 Å². The first-order valence-corrected chi connectivity index (χ1v) is 10.1. The van der Waals surface area contributed by atoms with Crippen LogP contribution in [0.5, 0.6) is 0 Å². The third-order valence-electron chi connectivity index (χ3n) is 4.16. The van der Waals surface area contributed by atoms with Crippen LogP contribution in [0.2, 0.25) is 5.02 Å². The number of nitrogens with zero attached hydrogens (tertiary/aromatic N) is 5. The fourth-order valence-electron chi connectivity index (χ4n) is 2.70. The van der Waals surface area contributed by atoms with Crippen LogP contribution in [0.1, 0.15) is 10.4 Å². The molecule has 9 nitrogen and oxygen atoms in total. The van der Waals surface area contributed by atoms with Gasteiger partial charge in [-0.3, -0.25) is 14.9 Å². The first-order valence-electron chi connectivity index (χ1n) is 8.88. The van der Waals surface area contributed by atoms with Gasteiger partial charge in [0.25, 0.3) is 11.6 Å². The first kappa shape index (κ1) is 20.5. The van der Waals surface area contributed by atoms with E-state index in [0.29, 0.717) is 20.8 Å². The maximum atomic E-state index is 12.9. The van der Waals surface area contributed by atoms with Gasteiger partial charge in [0.1, 0.15) is 0 Å². The zero-order valence-electron chi connectivity index (χ0n) is 15.7. The van der Waals surface area contributed by atoms with Crippen molar-refractivity contribution in [1.82, 2.24) is 20.2 Å². The van der Waals surface area contributed by atoms with Crippen LogP contribution in [-0.2, 0) is 0 Å². The normalized spacial score (nSPS) is 10.6. The first-order chi connectivity index (χ1) is 15.0. The lowest BCUT2D eigenvalue weighted by Crippen LogP contribution is -2.13. The minimum atomic E-state index is -0.554. The number of carbonyl (C=O) groups is 1. The third kappa shape index (κ3) is 4.71. The van der Waals surface area contributed by atoms with Gasteiger partial charge >= 0.3 is 0 Å². The van der Waals surface area contributed by atoms with Crippen LogP contribution in [0.25, 0.3) is 5.69 Å². The smallest absolute Gasteiger partial charge is 0.270 e. The van der Waals surface area contributed by atoms with Gasteiger partial charge in [0.15, 0.2) is 0 Å². The van der Waals surface area contributed by atoms with Crippen LogP contribution in [0.15, 0.2) is 82.8 Å². The molecule has 1 amide bonds. The number of hydrogen-bond donors (Lipinski definition) is 1. The van der Waals surface area contributed by atoms with E-state index in [1.807, 2.05) is 30.3 Å². The van der Waals surface area contributed by atoms with E-state index in [2.05, 4.69) is 20.8 Å². The molecule has 1 heterocycles. The Balaban J connectivity index is 1.68. The van der Waals surface area contributed by atoms with Crippen molar-refractivity contribution in [3.8, 4) is 5.69 Å². The highest BCUT2D eigenvalue weighted by Crippen LogP contribution is 2.32. The molecule has 0 radical (unpaired) electrons. The Morgan fingerprint density at radius 1 is 1.06 bits per heavy atom. The Hall–Kier alpha value is -3.76. The lowest BCUT2D eigenvalue weighted by Gasteiger charge is -2.10. The second-order valence-corrected chi connectivity index (χ2v) is 7.65. The number of nitrogens with one attached hydrogen (secondary N) is 1. The lowest BCUT2D eigenvalue weighted by atomic mass is 10.2. The van der Waals surface area contributed by atoms with Crippen LogP contribution < -0.4 is 5.32 Å². The van der Waals surface area contributed by atoms with E-state index in [4.69, 9.17) is 11.6 Å². The highest BCUT2D eigenvalue weighted by molar-refractivity contribution is 7.99. The van der Waals surface area contributed by atoms with Crippen LogP contribution in [0.4, 0.5) is 11.4 Å². The molecule has 4 rings (SSSR count). The summed E-state index contributed by atoms with van der Waals surface area (Å²) >= 11 is 7.01. The number of nitro benzene ring substituents is 1. The summed E-state index contributed by atoms with van der Waals surface area (Å²) in [5.74, 6) is -0.507. The molecule has 0 unspecified atom stereocenters. The summed E-state index contributed by atoms with van der Waals surface area (Å²) < 4.78 is 1.52. The molecular formula is C20H13ClN6O3S. The highest BCUT2D eigenvalue weighted by Gasteiger charge is 2.20. The van der Waals surface area contributed by atoms with Crippen LogP contribution in [0, 0.1) is 10.1 Å². The predicted octanol–water partition coefficient (Wildman–Crippen LogP) is 4.63. The Morgan fingerprint density at radius 2 is 1.81 bits per heavy atom. The standard InChI is InChI=1S/C20H13ClN6O3S/c21-13-6-8-14(9-7-13)22-19(28)17-12-16(27(29)30)10-11-18(17)31-20-23-24-25-26(20)15-4-2-1-3-5-15/h1-12H,(H,22,28). The molecule has 0 atom stereocenters. The quantitative estimate of drug-likeness (QED) is 0.335. The van der Waals surface area contributed by atoms with E-state index in [0.717, 1.165) is 17.4 Å². The second-order valence-electron chi connectivity index (χ2n) is 6.21. The molecule has 31 heavy (non-hydrogen) atoms. The minimum Gasteiger partial charge on any atom is -0.322 e. The highest BCUT2D eigenvalue weighted by atomic mass is 35.5. The molecule has 0 aliphatic rings. The van der Waals surface area contributed by atoms with E-state index in [-0.39, 0.29) is 11.3 Å². The number of aromatic nitrogens is 4. The number of anilines is 1. The zero-order chi connectivity index (χ0) is 21.8. The summed E-state index contributed by atoms with van der Waals surface area (Å²) in [5, 5.41) is 26.6. The number of nitro groups is 1. The number of halogens is 1. The Morgan fingerprint density at radius 3 is 2.52 bits per heavy atom. The molecule has 3 aromatic carbocycles. The van der Waals surface area contributed by atoms with Gasteiger partial charge in [-0.15, -0.1) is 5.10 Å². The SMILES string of the molecule is O=C(Nc1ccc(Cl)cc1)c1cc([N+](=O)[O-])ccc1Sc1nnnn1-c1ccccc1. The number of carbonyl (C=O) groups excluding carboxylic acids is 1. The average Bonchev–Trinajstić information content (AvgIpc) is 3.24. The molecule has 0 aliphatic heterocycles. The van der Waals surface area contributed by atoms with Crippen molar-refractivity contribution < 1.29 is 9.72 Å². The van der Waals surface area contributed by atoms with Crippen molar-refractivity contribution in [3.63, 3.8) is 0 Å². The van der Waals surface area contributed by atoms with E-state index < -0.39 is 10.8 Å². The van der Waals surface area contributed by atoms with Gasteiger partial charge < -0.3 is 5.32 Å². The molecule has 0 saturated carbocycles. The fraction of sp³-hybridized carbons (Fsp3) is 0. The summed E-state index contributed by atoms with van der Waals surface area (Å²) in [4.78, 5) is 24.1. The van der Waals surface area contributed by atoms with Crippen molar-refractivity contribution in [1.29, 1.82) is 0 Å². The lowest BCUT2D eigenvalue weighted by molar-refractivity contribution is -0.384. The summed E-state index contributed by atoms with van der Waals surface area (Å²) in [5.41, 5.74) is 1.17. The fourth-order valence-corrected chi connectivity index (χ4v) is 3.73.